The van der Waals surface area contributed by atoms with Crippen molar-refractivity contribution < 1.29 is 9.21 Å². The van der Waals surface area contributed by atoms with Crippen LogP contribution in [0.25, 0.3) is 0 Å². The molecule has 1 saturated carbocycles. The highest BCUT2D eigenvalue weighted by atomic mass is 16.4. The van der Waals surface area contributed by atoms with Gasteiger partial charge in [-0.25, -0.2) is 4.98 Å². The second-order valence-corrected chi connectivity index (χ2v) is 6.91. The fourth-order valence-electron chi connectivity index (χ4n) is 3.67. The van der Waals surface area contributed by atoms with Gasteiger partial charge in [0.05, 0.1) is 5.56 Å². The van der Waals surface area contributed by atoms with Crippen LogP contribution in [-0.4, -0.2) is 34.2 Å². The fourth-order valence-corrected chi connectivity index (χ4v) is 3.67. The minimum absolute atomic E-state index is 0.154. The Kier molecular flexibility index (Phi) is 4.63. The molecule has 2 aromatic heterocycles. The van der Waals surface area contributed by atoms with Crippen molar-refractivity contribution in [1.29, 1.82) is 0 Å². The van der Waals surface area contributed by atoms with E-state index in [0.717, 1.165) is 25.3 Å². The van der Waals surface area contributed by atoms with Crippen LogP contribution in [0, 0.1) is 5.92 Å². The van der Waals surface area contributed by atoms with Gasteiger partial charge < -0.3 is 9.32 Å². The number of nitrogens with zero attached hydrogens (tertiary/aromatic N) is 4. The van der Waals surface area contributed by atoms with Gasteiger partial charge in [-0.05, 0) is 43.7 Å². The van der Waals surface area contributed by atoms with Crippen LogP contribution in [0.4, 0.5) is 11.8 Å². The molecular weight excluding hydrogens is 318 g/mol. The topological polar surface area (TPSA) is 84.2 Å². The van der Waals surface area contributed by atoms with Crippen LogP contribution in [0.2, 0.25) is 0 Å². The first-order valence-corrected chi connectivity index (χ1v) is 9.13. The van der Waals surface area contributed by atoms with Crippen LogP contribution >= 0.6 is 0 Å². The molecule has 1 aliphatic heterocycles. The predicted molar refractivity (Wildman–Crippen MR) is 93.6 cm³/mol. The van der Waals surface area contributed by atoms with Crippen LogP contribution in [0.1, 0.15) is 54.8 Å². The summed E-state index contributed by atoms with van der Waals surface area (Å²) in [5, 5.41) is 10.6. The second-order valence-electron chi connectivity index (χ2n) is 6.91. The van der Waals surface area contributed by atoms with E-state index in [4.69, 9.17) is 4.42 Å². The Hall–Kier alpha value is -2.44. The maximum absolute atomic E-state index is 12.3. The van der Waals surface area contributed by atoms with Gasteiger partial charge in [0.15, 0.2) is 0 Å². The van der Waals surface area contributed by atoms with Crippen molar-refractivity contribution in [2.45, 2.75) is 44.9 Å². The third-order valence-electron chi connectivity index (χ3n) is 5.07. The molecule has 7 nitrogen and oxygen atoms in total. The van der Waals surface area contributed by atoms with Gasteiger partial charge in [-0.2, -0.15) is 0 Å². The highest BCUT2D eigenvalue weighted by Gasteiger charge is 2.20. The van der Waals surface area contributed by atoms with Gasteiger partial charge in [0.2, 0.25) is 5.89 Å². The van der Waals surface area contributed by atoms with E-state index in [-0.39, 0.29) is 11.9 Å². The third kappa shape index (κ3) is 3.81. The van der Waals surface area contributed by atoms with E-state index in [0.29, 0.717) is 17.4 Å². The Morgan fingerprint density at radius 1 is 1.16 bits per heavy atom. The lowest BCUT2D eigenvalue weighted by Gasteiger charge is -2.15. The molecule has 1 N–H and O–H groups in total. The summed E-state index contributed by atoms with van der Waals surface area (Å²) < 4.78 is 5.56. The number of anilines is 2. The molecule has 2 fully saturated rings. The van der Waals surface area contributed by atoms with E-state index in [2.05, 4.69) is 25.4 Å². The summed E-state index contributed by atoms with van der Waals surface area (Å²) in [7, 11) is 0. The van der Waals surface area contributed by atoms with Crippen LogP contribution in [0.3, 0.4) is 0 Å². The van der Waals surface area contributed by atoms with Crippen molar-refractivity contribution >= 4 is 17.7 Å². The molecule has 4 rings (SSSR count). The Morgan fingerprint density at radius 3 is 2.68 bits per heavy atom. The van der Waals surface area contributed by atoms with Crippen molar-refractivity contribution in [3.63, 3.8) is 0 Å². The number of carbonyl (C=O) groups excluding carboxylic acids is 1. The fraction of sp³-hybridized carbons (Fsp3) is 0.556. The summed E-state index contributed by atoms with van der Waals surface area (Å²) in [6.07, 6.45) is 9.80. The maximum Gasteiger partial charge on any atom is 0.322 e. The quantitative estimate of drug-likeness (QED) is 0.900. The van der Waals surface area contributed by atoms with E-state index in [1.165, 1.54) is 38.5 Å². The van der Waals surface area contributed by atoms with Gasteiger partial charge in [-0.1, -0.05) is 17.9 Å². The molecular formula is C18H23N5O2. The number of amides is 1. The van der Waals surface area contributed by atoms with E-state index < -0.39 is 0 Å². The number of rotatable bonds is 5. The minimum atomic E-state index is -0.281. The Labute approximate surface area is 146 Å². The van der Waals surface area contributed by atoms with Crippen molar-refractivity contribution in [3.8, 4) is 0 Å². The standard InChI is InChI=1S/C18H23N5O2/c24-17(14-7-8-15(19-12-14)23-9-3-4-10-23)20-18-22-21-16(25-18)11-13-5-1-2-6-13/h7-8,12-13H,1-6,9-11H2,(H,20,22,24). The molecule has 0 radical (unpaired) electrons. The van der Waals surface area contributed by atoms with Crippen LogP contribution in [0.15, 0.2) is 22.7 Å². The van der Waals surface area contributed by atoms with Gasteiger partial charge in [-0.3, -0.25) is 10.1 Å². The molecule has 7 heteroatoms. The number of aromatic nitrogens is 3. The first-order valence-electron chi connectivity index (χ1n) is 9.13. The molecule has 0 aromatic carbocycles. The van der Waals surface area contributed by atoms with Crippen LogP contribution in [-0.2, 0) is 6.42 Å². The molecule has 0 unspecified atom stereocenters. The highest BCUT2D eigenvalue weighted by Crippen LogP contribution is 2.28. The zero-order valence-electron chi connectivity index (χ0n) is 14.3. The molecule has 2 aliphatic rings. The average Bonchev–Trinajstić information content (AvgIpc) is 3.38. The van der Waals surface area contributed by atoms with Crippen LogP contribution < -0.4 is 10.2 Å². The second kappa shape index (κ2) is 7.21. The van der Waals surface area contributed by atoms with Crippen molar-refractivity contribution in [2.75, 3.05) is 23.3 Å². The molecule has 1 amide bonds. The smallest absolute Gasteiger partial charge is 0.322 e. The molecule has 25 heavy (non-hydrogen) atoms. The van der Waals surface area contributed by atoms with E-state index in [1.54, 1.807) is 12.3 Å². The monoisotopic (exact) mass is 341 g/mol. The molecule has 0 atom stereocenters. The largest absolute Gasteiger partial charge is 0.408 e. The number of nitrogens with one attached hydrogen (secondary N) is 1. The summed E-state index contributed by atoms with van der Waals surface area (Å²) in [6.45, 7) is 2.06. The lowest BCUT2D eigenvalue weighted by atomic mass is 10.0. The SMILES string of the molecule is O=C(Nc1nnc(CC2CCCC2)o1)c1ccc(N2CCCC2)nc1. The van der Waals surface area contributed by atoms with Gasteiger partial charge >= 0.3 is 6.01 Å². The van der Waals surface area contributed by atoms with Gasteiger partial charge in [0.1, 0.15) is 5.82 Å². The molecule has 132 valence electrons. The maximum atomic E-state index is 12.3. The van der Waals surface area contributed by atoms with E-state index >= 15 is 0 Å². The van der Waals surface area contributed by atoms with Crippen molar-refractivity contribution in [3.05, 3.63) is 29.8 Å². The van der Waals surface area contributed by atoms with Gasteiger partial charge in [-0.15, -0.1) is 5.10 Å². The minimum Gasteiger partial charge on any atom is -0.408 e. The third-order valence-corrected chi connectivity index (χ3v) is 5.07. The van der Waals surface area contributed by atoms with Crippen LogP contribution in [0.5, 0.6) is 0 Å². The number of hydrogen-bond donors (Lipinski definition) is 1. The summed E-state index contributed by atoms with van der Waals surface area (Å²) in [5.74, 6) is 1.87. The van der Waals surface area contributed by atoms with Crippen molar-refractivity contribution in [1.82, 2.24) is 15.2 Å². The van der Waals surface area contributed by atoms with Gasteiger partial charge in [0.25, 0.3) is 5.91 Å². The summed E-state index contributed by atoms with van der Waals surface area (Å²) in [5.41, 5.74) is 0.485. The lowest BCUT2D eigenvalue weighted by Crippen LogP contribution is -2.19. The molecule has 2 aromatic rings. The number of carbonyl (C=O) groups is 1. The predicted octanol–water partition coefficient (Wildman–Crippen LogP) is 3.05. The van der Waals surface area contributed by atoms with Crippen molar-refractivity contribution in [2.24, 2.45) is 5.92 Å². The average molecular weight is 341 g/mol. The zero-order chi connectivity index (χ0) is 17.1. The molecule has 1 saturated heterocycles. The number of hydrogen-bond acceptors (Lipinski definition) is 6. The van der Waals surface area contributed by atoms with E-state index in [9.17, 15) is 4.79 Å². The molecule has 0 spiro atoms. The number of pyridine rings is 1. The Bertz CT molecular complexity index is 715. The lowest BCUT2D eigenvalue weighted by molar-refractivity contribution is 0.102. The summed E-state index contributed by atoms with van der Waals surface area (Å²) in [4.78, 5) is 18.9. The summed E-state index contributed by atoms with van der Waals surface area (Å²) >= 11 is 0. The molecule has 1 aliphatic carbocycles. The van der Waals surface area contributed by atoms with E-state index in [1.807, 2.05) is 6.07 Å². The molecule has 3 heterocycles. The normalized spacial score (nSPS) is 18.0. The highest BCUT2D eigenvalue weighted by molar-refractivity contribution is 6.02. The Balaban J connectivity index is 1.35. The zero-order valence-corrected chi connectivity index (χ0v) is 14.3. The Morgan fingerprint density at radius 2 is 1.96 bits per heavy atom. The molecule has 0 bridgehead atoms. The first kappa shape index (κ1) is 16.1. The first-order chi connectivity index (χ1) is 12.3. The summed E-state index contributed by atoms with van der Waals surface area (Å²) in [6, 6.07) is 3.83. The van der Waals surface area contributed by atoms with Gasteiger partial charge in [0, 0.05) is 25.7 Å².